The molecule has 3 amide bonds. The van der Waals surface area contributed by atoms with E-state index >= 15 is 0 Å². The Kier molecular flexibility index (Phi) is 3.26. The van der Waals surface area contributed by atoms with E-state index in [1.165, 1.54) is 0 Å². The smallest absolute Gasteiger partial charge is 0.316 e. The fraction of sp³-hybridized carbons (Fsp3) is 0.556. The number of hydrogen-bond donors (Lipinski definition) is 3. The van der Waals surface area contributed by atoms with Crippen molar-refractivity contribution in [1.82, 2.24) is 16.0 Å². The van der Waals surface area contributed by atoms with Crippen molar-refractivity contribution in [3.05, 3.63) is 0 Å². The van der Waals surface area contributed by atoms with E-state index in [1.807, 2.05) is 20.8 Å². The average molecular weight is 226 g/mol. The van der Waals surface area contributed by atoms with E-state index in [0.29, 0.717) is 0 Å². The van der Waals surface area contributed by atoms with Crippen molar-refractivity contribution >= 4 is 23.7 Å². The van der Waals surface area contributed by atoms with Gasteiger partial charge in [0.05, 0.1) is 0 Å². The van der Waals surface area contributed by atoms with Crippen LogP contribution in [0.5, 0.6) is 0 Å². The molecule has 0 atom stereocenters. The highest BCUT2D eigenvalue weighted by atomic mass is 16.2. The van der Waals surface area contributed by atoms with E-state index in [4.69, 9.17) is 0 Å². The molecule has 1 aliphatic heterocycles. The molecule has 1 aliphatic rings. The maximum absolute atomic E-state index is 11.3. The van der Waals surface area contributed by atoms with Gasteiger partial charge in [-0.2, -0.15) is 0 Å². The Hall–Kier alpha value is -1.92. The summed E-state index contributed by atoms with van der Waals surface area (Å²) < 4.78 is 0. The van der Waals surface area contributed by atoms with Gasteiger partial charge >= 0.3 is 11.8 Å². The van der Waals surface area contributed by atoms with E-state index < -0.39 is 11.8 Å². The summed E-state index contributed by atoms with van der Waals surface area (Å²) in [5, 5.41) is 7.08. The number of amides is 3. The first-order chi connectivity index (χ1) is 7.28. The van der Waals surface area contributed by atoms with Crippen LogP contribution in [-0.4, -0.2) is 35.8 Å². The van der Waals surface area contributed by atoms with Crippen LogP contribution in [-0.2, 0) is 14.4 Å². The first kappa shape index (κ1) is 12.2. The monoisotopic (exact) mass is 226 g/mol. The Bertz CT molecular complexity index is 349. The van der Waals surface area contributed by atoms with Gasteiger partial charge < -0.3 is 5.32 Å². The van der Waals surface area contributed by atoms with Crippen LogP contribution in [0.4, 0.5) is 0 Å². The van der Waals surface area contributed by atoms with Gasteiger partial charge in [-0.05, 0) is 20.8 Å². The fourth-order valence-electron chi connectivity index (χ4n) is 1.05. The van der Waals surface area contributed by atoms with Crippen molar-refractivity contribution in [1.29, 1.82) is 0 Å². The molecule has 16 heavy (non-hydrogen) atoms. The van der Waals surface area contributed by atoms with Crippen molar-refractivity contribution in [2.45, 2.75) is 26.3 Å². The van der Waals surface area contributed by atoms with Crippen LogP contribution in [0.25, 0.3) is 0 Å². The largest absolute Gasteiger partial charge is 0.350 e. The average Bonchev–Trinajstić information content (AvgIpc) is 2.40. The number of nitrogens with zero attached hydrogens (tertiary/aromatic N) is 1. The molecule has 0 spiro atoms. The molecule has 7 nitrogen and oxygen atoms in total. The third kappa shape index (κ3) is 3.68. The van der Waals surface area contributed by atoms with Crippen LogP contribution in [0.3, 0.4) is 0 Å². The Morgan fingerprint density at radius 1 is 1.25 bits per heavy atom. The van der Waals surface area contributed by atoms with Gasteiger partial charge in [-0.3, -0.25) is 25.0 Å². The standard InChI is InChI=1S/C9H14N4O3/c1-9(2,3)13-5(14)4-10-8-11-6(15)7(16)12-8/h4H2,1-3H3,(H,13,14)(H2,10,11,12,15,16). The number of nitrogens with one attached hydrogen (secondary N) is 3. The number of carbonyl (C=O) groups excluding carboxylic acids is 3. The molecule has 7 heteroatoms. The molecule has 88 valence electrons. The van der Waals surface area contributed by atoms with Gasteiger partial charge in [0.25, 0.3) is 0 Å². The Morgan fingerprint density at radius 2 is 1.75 bits per heavy atom. The molecule has 1 rings (SSSR count). The minimum atomic E-state index is -0.769. The Morgan fingerprint density at radius 3 is 2.19 bits per heavy atom. The molecular weight excluding hydrogens is 212 g/mol. The van der Waals surface area contributed by atoms with Gasteiger partial charge in [-0.25, -0.2) is 4.99 Å². The maximum atomic E-state index is 11.3. The van der Waals surface area contributed by atoms with E-state index in [9.17, 15) is 14.4 Å². The third-order valence-corrected chi connectivity index (χ3v) is 1.57. The van der Waals surface area contributed by atoms with Crippen LogP contribution in [0.1, 0.15) is 20.8 Å². The number of rotatable bonds is 2. The number of hydrogen-bond acceptors (Lipinski definition) is 4. The second kappa shape index (κ2) is 4.30. The minimum absolute atomic E-state index is 0.0130. The summed E-state index contributed by atoms with van der Waals surface area (Å²) in [5.74, 6) is -1.81. The van der Waals surface area contributed by atoms with Crippen molar-refractivity contribution in [2.24, 2.45) is 4.99 Å². The summed E-state index contributed by atoms with van der Waals surface area (Å²) in [6, 6.07) is 0. The SMILES string of the molecule is CC(C)(C)NC(=O)CN=C1NC(=O)C(=O)N1. The molecule has 1 fully saturated rings. The van der Waals surface area contributed by atoms with Gasteiger partial charge in [-0.1, -0.05) is 0 Å². The molecule has 0 unspecified atom stereocenters. The number of carbonyl (C=O) groups is 3. The lowest BCUT2D eigenvalue weighted by molar-refractivity contribution is -0.135. The Labute approximate surface area is 92.7 Å². The highest BCUT2D eigenvalue weighted by Crippen LogP contribution is 1.97. The summed E-state index contributed by atoms with van der Waals surface area (Å²) in [5.41, 5.74) is -0.334. The number of guanidine groups is 1. The molecule has 1 heterocycles. The van der Waals surface area contributed by atoms with Crippen LogP contribution in [0, 0.1) is 0 Å². The molecule has 0 aromatic carbocycles. The van der Waals surface area contributed by atoms with Crippen molar-refractivity contribution in [2.75, 3.05) is 6.54 Å². The predicted molar refractivity (Wildman–Crippen MR) is 56.5 cm³/mol. The molecule has 1 saturated heterocycles. The summed E-state index contributed by atoms with van der Waals surface area (Å²) in [6.07, 6.45) is 0. The van der Waals surface area contributed by atoms with E-state index in [-0.39, 0.29) is 24.0 Å². The molecule has 0 radical (unpaired) electrons. The summed E-state index contributed by atoms with van der Waals surface area (Å²) in [6.45, 7) is 5.39. The first-order valence-electron chi connectivity index (χ1n) is 4.76. The molecule has 0 aromatic heterocycles. The molecule has 0 aliphatic carbocycles. The summed E-state index contributed by atoms with van der Waals surface area (Å²) in [4.78, 5) is 36.6. The van der Waals surface area contributed by atoms with Gasteiger partial charge in [0.2, 0.25) is 11.9 Å². The van der Waals surface area contributed by atoms with Gasteiger partial charge in [0.1, 0.15) is 6.54 Å². The lowest BCUT2D eigenvalue weighted by atomic mass is 10.1. The Balaban J connectivity index is 2.46. The first-order valence-corrected chi connectivity index (χ1v) is 4.76. The normalized spacial score (nSPS) is 15.6. The predicted octanol–water partition coefficient (Wildman–Crippen LogP) is -1.50. The van der Waals surface area contributed by atoms with Crippen LogP contribution < -0.4 is 16.0 Å². The third-order valence-electron chi connectivity index (χ3n) is 1.57. The van der Waals surface area contributed by atoms with Crippen LogP contribution in [0.15, 0.2) is 4.99 Å². The highest BCUT2D eigenvalue weighted by molar-refractivity contribution is 6.45. The topological polar surface area (TPSA) is 99.7 Å². The molecule has 3 N–H and O–H groups in total. The van der Waals surface area contributed by atoms with Crippen molar-refractivity contribution in [3.8, 4) is 0 Å². The fourth-order valence-corrected chi connectivity index (χ4v) is 1.05. The van der Waals surface area contributed by atoms with E-state index in [1.54, 1.807) is 0 Å². The van der Waals surface area contributed by atoms with E-state index in [2.05, 4.69) is 20.9 Å². The van der Waals surface area contributed by atoms with Gasteiger partial charge in [-0.15, -0.1) is 0 Å². The zero-order valence-electron chi connectivity index (χ0n) is 9.38. The van der Waals surface area contributed by atoms with Crippen LogP contribution in [0.2, 0.25) is 0 Å². The second-order valence-corrected chi connectivity index (χ2v) is 4.37. The van der Waals surface area contributed by atoms with Crippen molar-refractivity contribution in [3.63, 3.8) is 0 Å². The zero-order valence-corrected chi connectivity index (χ0v) is 9.38. The lowest BCUT2D eigenvalue weighted by Crippen LogP contribution is -2.42. The molecule has 0 bridgehead atoms. The molecular formula is C9H14N4O3. The van der Waals surface area contributed by atoms with Crippen LogP contribution >= 0.6 is 0 Å². The van der Waals surface area contributed by atoms with E-state index in [0.717, 1.165) is 0 Å². The highest BCUT2D eigenvalue weighted by Gasteiger charge is 2.25. The zero-order chi connectivity index (χ0) is 12.3. The molecule has 0 aromatic rings. The minimum Gasteiger partial charge on any atom is -0.350 e. The summed E-state index contributed by atoms with van der Waals surface area (Å²) in [7, 11) is 0. The molecule has 0 saturated carbocycles. The quantitative estimate of drug-likeness (QED) is 0.500. The van der Waals surface area contributed by atoms with Crippen molar-refractivity contribution < 1.29 is 14.4 Å². The lowest BCUT2D eigenvalue weighted by Gasteiger charge is -2.19. The summed E-state index contributed by atoms with van der Waals surface area (Å²) >= 11 is 0. The maximum Gasteiger partial charge on any atom is 0.316 e. The van der Waals surface area contributed by atoms with Gasteiger partial charge in [0.15, 0.2) is 0 Å². The second-order valence-electron chi connectivity index (χ2n) is 4.37. The van der Waals surface area contributed by atoms with Gasteiger partial charge in [0, 0.05) is 5.54 Å². The number of aliphatic imine (C=N–C) groups is 1.